The second-order valence-corrected chi connectivity index (χ2v) is 5.53. The molecule has 0 bridgehead atoms. The minimum Gasteiger partial charge on any atom is -0.367 e. The van der Waals surface area contributed by atoms with Gasteiger partial charge in [0.15, 0.2) is 9.84 Å². The Kier molecular flexibility index (Phi) is 2.62. The highest BCUT2D eigenvalue weighted by atomic mass is 32.2. The van der Waals surface area contributed by atoms with Crippen molar-refractivity contribution < 1.29 is 17.3 Å². The summed E-state index contributed by atoms with van der Waals surface area (Å²) in [6, 6.07) is 3.58. The van der Waals surface area contributed by atoms with E-state index >= 15 is 0 Å². The standard InChI is InChI=1S/C10H9FN2O3S/c1-17(14,15)6-2-3-7(9(11)4-6)8-5-13-16-10(8)12/h2-5H,12H2,1H3. The molecule has 0 radical (unpaired) electrons. The van der Waals surface area contributed by atoms with Crippen LogP contribution in [0.1, 0.15) is 0 Å². The third-order valence-electron chi connectivity index (χ3n) is 2.26. The lowest BCUT2D eigenvalue weighted by molar-refractivity contribution is 0.436. The molecule has 0 saturated carbocycles. The molecule has 0 fully saturated rings. The van der Waals surface area contributed by atoms with E-state index < -0.39 is 15.7 Å². The fourth-order valence-electron chi connectivity index (χ4n) is 1.40. The molecule has 0 saturated heterocycles. The molecule has 0 spiro atoms. The maximum absolute atomic E-state index is 13.7. The van der Waals surface area contributed by atoms with E-state index in [9.17, 15) is 12.8 Å². The van der Waals surface area contributed by atoms with Gasteiger partial charge in [-0.25, -0.2) is 12.8 Å². The zero-order chi connectivity index (χ0) is 12.6. The Hall–Kier alpha value is -1.89. The van der Waals surface area contributed by atoms with Crippen LogP contribution in [0.25, 0.3) is 11.1 Å². The van der Waals surface area contributed by atoms with Crippen LogP contribution in [0.3, 0.4) is 0 Å². The smallest absolute Gasteiger partial charge is 0.230 e. The van der Waals surface area contributed by atoms with E-state index in [-0.39, 0.29) is 16.3 Å². The molecule has 1 aromatic heterocycles. The molecular formula is C10H9FN2O3S. The van der Waals surface area contributed by atoms with Gasteiger partial charge in [0, 0.05) is 11.8 Å². The number of hydrogen-bond acceptors (Lipinski definition) is 5. The summed E-state index contributed by atoms with van der Waals surface area (Å²) in [7, 11) is -3.43. The van der Waals surface area contributed by atoms with Crippen molar-refractivity contribution in [3.05, 3.63) is 30.2 Å². The average Bonchev–Trinajstić information content (AvgIpc) is 2.63. The fraction of sp³-hybridized carbons (Fsp3) is 0.100. The van der Waals surface area contributed by atoms with Crippen molar-refractivity contribution in [1.29, 1.82) is 0 Å². The number of benzene rings is 1. The summed E-state index contributed by atoms with van der Waals surface area (Å²) in [4.78, 5) is -0.0891. The molecule has 0 aliphatic carbocycles. The highest BCUT2D eigenvalue weighted by Crippen LogP contribution is 2.29. The minimum atomic E-state index is -3.43. The zero-order valence-corrected chi connectivity index (χ0v) is 9.66. The SMILES string of the molecule is CS(=O)(=O)c1ccc(-c2cnoc2N)c(F)c1. The second-order valence-electron chi connectivity index (χ2n) is 3.52. The summed E-state index contributed by atoms with van der Waals surface area (Å²) < 4.78 is 40.8. The largest absolute Gasteiger partial charge is 0.367 e. The molecule has 1 aromatic carbocycles. The lowest BCUT2D eigenvalue weighted by Gasteiger charge is -2.03. The van der Waals surface area contributed by atoms with E-state index in [0.717, 1.165) is 12.3 Å². The first-order valence-corrected chi connectivity index (χ1v) is 6.49. The zero-order valence-electron chi connectivity index (χ0n) is 8.84. The van der Waals surface area contributed by atoms with Crippen LogP contribution < -0.4 is 5.73 Å². The van der Waals surface area contributed by atoms with Crippen molar-refractivity contribution in [1.82, 2.24) is 5.16 Å². The third kappa shape index (κ3) is 2.14. The summed E-state index contributed by atoms with van der Waals surface area (Å²) in [5, 5.41) is 3.43. The highest BCUT2D eigenvalue weighted by molar-refractivity contribution is 7.90. The number of rotatable bonds is 2. The maximum Gasteiger partial charge on any atom is 0.230 e. The number of hydrogen-bond donors (Lipinski definition) is 1. The Labute approximate surface area is 96.9 Å². The van der Waals surface area contributed by atoms with Gasteiger partial charge in [-0.15, -0.1) is 0 Å². The van der Waals surface area contributed by atoms with Crippen molar-refractivity contribution >= 4 is 15.7 Å². The van der Waals surface area contributed by atoms with E-state index in [0.29, 0.717) is 5.56 Å². The molecule has 17 heavy (non-hydrogen) atoms. The van der Waals surface area contributed by atoms with Crippen LogP contribution >= 0.6 is 0 Å². The Balaban J connectivity index is 2.57. The number of nitrogen functional groups attached to an aromatic ring is 1. The number of nitrogens with zero attached hydrogens (tertiary/aromatic N) is 1. The van der Waals surface area contributed by atoms with Crippen LogP contribution in [-0.4, -0.2) is 19.8 Å². The predicted octanol–water partition coefficient (Wildman–Crippen LogP) is 1.47. The van der Waals surface area contributed by atoms with E-state index in [1.54, 1.807) is 0 Å². The first-order chi connectivity index (χ1) is 7.89. The van der Waals surface area contributed by atoms with Crippen molar-refractivity contribution in [2.45, 2.75) is 4.90 Å². The summed E-state index contributed by atoms with van der Waals surface area (Å²) in [5.74, 6) is -0.709. The molecule has 0 aliphatic rings. The van der Waals surface area contributed by atoms with Gasteiger partial charge >= 0.3 is 0 Å². The van der Waals surface area contributed by atoms with Gasteiger partial charge in [-0.05, 0) is 18.2 Å². The summed E-state index contributed by atoms with van der Waals surface area (Å²) in [6.45, 7) is 0. The van der Waals surface area contributed by atoms with Gasteiger partial charge in [-0.2, -0.15) is 0 Å². The first-order valence-electron chi connectivity index (χ1n) is 4.59. The Morgan fingerprint density at radius 3 is 2.53 bits per heavy atom. The molecule has 0 aliphatic heterocycles. The predicted molar refractivity (Wildman–Crippen MR) is 59.4 cm³/mol. The number of anilines is 1. The summed E-state index contributed by atoms with van der Waals surface area (Å²) in [5.41, 5.74) is 5.89. The van der Waals surface area contributed by atoms with Crippen LogP contribution in [0.15, 0.2) is 33.8 Å². The molecule has 2 aromatic rings. The van der Waals surface area contributed by atoms with Gasteiger partial charge in [0.05, 0.1) is 16.7 Å². The Morgan fingerprint density at radius 2 is 2.06 bits per heavy atom. The van der Waals surface area contributed by atoms with Gasteiger partial charge in [0.25, 0.3) is 0 Å². The average molecular weight is 256 g/mol. The molecule has 0 unspecified atom stereocenters. The fourth-order valence-corrected chi connectivity index (χ4v) is 2.03. The van der Waals surface area contributed by atoms with Crippen LogP contribution in [0.5, 0.6) is 0 Å². The van der Waals surface area contributed by atoms with Crippen molar-refractivity contribution in [2.24, 2.45) is 0 Å². The second kappa shape index (κ2) is 3.85. The third-order valence-corrected chi connectivity index (χ3v) is 3.37. The van der Waals surface area contributed by atoms with Crippen LogP contribution in [0.2, 0.25) is 0 Å². The number of sulfone groups is 1. The Bertz CT molecular complexity index is 664. The molecule has 0 atom stereocenters. The van der Waals surface area contributed by atoms with E-state index in [1.165, 1.54) is 18.3 Å². The molecule has 1 heterocycles. The van der Waals surface area contributed by atoms with Gasteiger partial charge in [-0.1, -0.05) is 5.16 Å². The quantitative estimate of drug-likeness (QED) is 0.879. The Morgan fingerprint density at radius 1 is 1.35 bits per heavy atom. The lowest BCUT2D eigenvalue weighted by atomic mass is 10.1. The number of aromatic nitrogens is 1. The van der Waals surface area contributed by atoms with Crippen molar-refractivity contribution in [3.8, 4) is 11.1 Å². The number of halogens is 1. The van der Waals surface area contributed by atoms with Gasteiger partial charge in [0.1, 0.15) is 5.82 Å². The molecule has 7 heteroatoms. The van der Waals surface area contributed by atoms with Crippen LogP contribution in [0.4, 0.5) is 10.3 Å². The van der Waals surface area contributed by atoms with Gasteiger partial charge in [-0.3, -0.25) is 0 Å². The normalized spacial score (nSPS) is 11.6. The number of nitrogens with two attached hydrogens (primary N) is 1. The van der Waals surface area contributed by atoms with E-state index in [1.807, 2.05) is 0 Å². The van der Waals surface area contributed by atoms with Gasteiger partial charge < -0.3 is 10.3 Å². The van der Waals surface area contributed by atoms with Crippen molar-refractivity contribution in [2.75, 3.05) is 12.0 Å². The molecule has 2 rings (SSSR count). The van der Waals surface area contributed by atoms with Crippen LogP contribution in [-0.2, 0) is 9.84 Å². The lowest BCUT2D eigenvalue weighted by Crippen LogP contribution is -1.98. The van der Waals surface area contributed by atoms with Gasteiger partial charge in [0.2, 0.25) is 5.88 Å². The first kappa shape index (κ1) is 11.6. The van der Waals surface area contributed by atoms with E-state index in [2.05, 4.69) is 9.68 Å². The molecular weight excluding hydrogens is 247 g/mol. The highest BCUT2D eigenvalue weighted by Gasteiger charge is 2.15. The summed E-state index contributed by atoms with van der Waals surface area (Å²) >= 11 is 0. The molecule has 2 N–H and O–H groups in total. The van der Waals surface area contributed by atoms with Crippen molar-refractivity contribution in [3.63, 3.8) is 0 Å². The maximum atomic E-state index is 13.7. The molecule has 90 valence electrons. The molecule has 0 amide bonds. The minimum absolute atomic E-state index is 0.0176. The van der Waals surface area contributed by atoms with Crippen LogP contribution in [0, 0.1) is 5.82 Å². The topological polar surface area (TPSA) is 86.2 Å². The summed E-state index contributed by atoms with van der Waals surface area (Å²) in [6.07, 6.45) is 2.28. The van der Waals surface area contributed by atoms with E-state index in [4.69, 9.17) is 5.73 Å². The monoisotopic (exact) mass is 256 g/mol. The molecule has 5 nitrogen and oxygen atoms in total.